The number of hydrogen-bond donors (Lipinski definition) is 0. The average Bonchev–Trinajstić information content (AvgIpc) is 2.74. The van der Waals surface area contributed by atoms with Crippen molar-refractivity contribution >= 4 is 48.3 Å². The first-order chi connectivity index (χ1) is 16.5. The van der Waals surface area contributed by atoms with E-state index in [1.165, 1.54) is 30.5 Å². The topological polar surface area (TPSA) is 18.5 Å². The van der Waals surface area contributed by atoms with Gasteiger partial charge in [0, 0.05) is 0 Å². The molecular formula is C30H50BiBrO2Si2. The van der Waals surface area contributed by atoms with Gasteiger partial charge in [0.15, 0.2) is 0 Å². The van der Waals surface area contributed by atoms with E-state index in [4.69, 9.17) is 8.85 Å². The molecule has 0 aromatic heterocycles. The summed E-state index contributed by atoms with van der Waals surface area (Å²) in [5.74, 6) is 0. The van der Waals surface area contributed by atoms with Gasteiger partial charge in [-0.05, 0) is 0 Å². The Hall–Kier alpha value is 0.157. The minimum absolute atomic E-state index is 0.272. The third-order valence-electron chi connectivity index (χ3n) is 8.07. The van der Waals surface area contributed by atoms with Crippen LogP contribution in [-0.2, 0) is 30.0 Å². The van der Waals surface area contributed by atoms with Gasteiger partial charge in [-0.2, -0.15) is 0 Å². The van der Waals surface area contributed by atoms with Gasteiger partial charge in [0.05, 0.1) is 0 Å². The molecule has 0 aliphatic rings. The van der Waals surface area contributed by atoms with E-state index in [-0.39, 0.29) is 10.1 Å². The fourth-order valence-corrected chi connectivity index (χ4v) is 15.7. The van der Waals surface area contributed by atoms with Crippen molar-refractivity contribution in [3.05, 3.63) is 70.8 Å². The van der Waals surface area contributed by atoms with E-state index < -0.39 is 36.0 Å². The van der Waals surface area contributed by atoms with Crippen molar-refractivity contribution in [3.8, 4) is 0 Å². The summed E-state index contributed by atoms with van der Waals surface area (Å²) in [4.78, 5) is 0. The van der Waals surface area contributed by atoms with Crippen molar-refractivity contribution in [1.29, 1.82) is 0 Å². The minimum atomic E-state index is -1.73. The van der Waals surface area contributed by atoms with Crippen molar-refractivity contribution in [1.82, 2.24) is 0 Å². The van der Waals surface area contributed by atoms with Crippen molar-refractivity contribution in [2.24, 2.45) is 0 Å². The normalized spacial score (nSPS) is 13.4. The van der Waals surface area contributed by atoms with Crippen LogP contribution in [-0.4, -0.2) is 49.3 Å². The third kappa shape index (κ3) is 10.4. The quantitative estimate of drug-likeness (QED) is 0.200. The van der Waals surface area contributed by atoms with Crippen molar-refractivity contribution < 1.29 is 8.85 Å². The van der Waals surface area contributed by atoms with Gasteiger partial charge in [-0.1, -0.05) is 0 Å². The van der Waals surface area contributed by atoms with E-state index in [0.717, 1.165) is 26.1 Å². The maximum absolute atomic E-state index is 6.35. The van der Waals surface area contributed by atoms with E-state index in [9.17, 15) is 0 Å². The predicted octanol–water partition coefficient (Wildman–Crippen LogP) is 9.07. The molecular weight excluding hydrogens is 737 g/mol. The van der Waals surface area contributed by atoms with Crippen LogP contribution in [0.5, 0.6) is 0 Å². The molecule has 0 amide bonds. The molecule has 2 aromatic carbocycles. The molecule has 0 aliphatic heterocycles. The van der Waals surface area contributed by atoms with Crippen molar-refractivity contribution in [2.75, 3.05) is 13.2 Å². The van der Waals surface area contributed by atoms with Crippen LogP contribution in [0.1, 0.15) is 63.8 Å². The Morgan fingerprint density at radius 2 is 0.861 bits per heavy atom. The van der Waals surface area contributed by atoms with Crippen LogP contribution in [0.2, 0.25) is 36.3 Å². The zero-order valence-electron chi connectivity index (χ0n) is 24.5. The standard InChI is InChI=1S/2C15H25OSi.Bi.BrH/c2*1-13-7-9-14(10-8-13)11-12-16-17(5,6)15(2,3)4;;/h2*7-10H,1,11-12H2,2-6H3;;1H/q;;+1;/p-1. The van der Waals surface area contributed by atoms with Crippen molar-refractivity contribution in [2.45, 2.75) is 98.9 Å². The third-order valence-corrected chi connectivity index (χ3v) is 27.1. The van der Waals surface area contributed by atoms with Crippen molar-refractivity contribution in [3.63, 3.8) is 0 Å². The molecule has 0 bridgehead atoms. The van der Waals surface area contributed by atoms with Gasteiger partial charge in [0.25, 0.3) is 0 Å². The van der Waals surface area contributed by atoms with Crippen LogP contribution in [0, 0.1) is 0 Å². The van der Waals surface area contributed by atoms with Gasteiger partial charge >= 0.3 is 240 Å². The molecule has 0 saturated heterocycles. The summed E-state index contributed by atoms with van der Waals surface area (Å²) < 4.78 is 15.2. The summed E-state index contributed by atoms with van der Waals surface area (Å²) >= 11 is 2.40. The summed E-state index contributed by atoms with van der Waals surface area (Å²) in [6, 6.07) is 18.5. The summed E-state index contributed by atoms with van der Waals surface area (Å²) in [5.41, 5.74) is 5.70. The Labute approximate surface area is 238 Å². The van der Waals surface area contributed by atoms with Gasteiger partial charge in [-0.15, -0.1) is 0 Å². The first-order valence-corrected chi connectivity index (χ1v) is 31.6. The zero-order chi connectivity index (χ0) is 27.2. The molecule has 0 unspecified atom stereocenters. The average molecular weight is 788 g/mol. The Morgan fingerprint density at radius 3 is 1.14 bits per heavy atom. The molecule has 0 saturated carbocycles. The molecule has 0 atom stereocenters. The van der Waals surface area contributed by atoms with E-state index in [1.54, 1.807) is 0 Å². The summed E-state index contributed by atoms with van der Waals surface area (Å²) in [6.45, 7) is 24.8. The van der Waals surface area contributed by atoms with Crippen LogP contribution in [0.25, 0.3) is 0 Å². The summed E-state index contributed by atoms with van der Waals surface area (Å²) in [5, 5.41) is 0.544. The Balaban J connectivity index is 1.78. The number of halogens is 1. The second-order valence-electron chi connectivity index (χ2n) is 13.1. The second kappa shape index (κ2) is 13.5. The molecule has 0 radical (unpaired) electrons. The molecule has 2 aromatic rings. The summed E-state index contributed by atoms with van der Waals surface area (Å²) in [6.07, 6.45) is 2.00. The van der Waals surface area contributed by atoms with E-state index in [2.05, 4.69) is 128 Å². The van der Waals surface area contributed by atoms with Crippen LogP contribution < -0.4 is 0 Å². The monoisotopic (exact) mass is 786 g/mol. The number of rotatable bonds is 12. The Morgan fingerprint density at radius 1 is 0.583 bits per heavy atom. The molecule has 0 aliphatic carbocycles. The fourth-order valence-electron chi connectivity index (χ4n) is 3.36. The van der Waals surface area contributed by atoms with E-state index in [1.807, 2.05) is 0 Å². The molecule has 2 nitrogen and oxygen atoms in total. The Bertz CT molecular complexity index is 852. The molecule has 36 heavy (non-hydrogen) atoms. The van der Waals surface area contributed by atoms with Crippen LogP contribution in [0.3, 0.4) is 0 Å². The molecule has 0 N–H and O–H groups in total. The first kappa shape index (κ1) is 32.4. The molecule has 202 valence electrons. The fraction of sp³-hybridized carbons (Fsp3) is 0.600. The van der Waals surface area contributed by atoms with Gasteiger partial charge in [-0.3, -0.25) is 0 Å². The molecule has 2 rings (SSSR count). The second-order valence-corrected chi connectivity index (χ2v) is 37.6. The van der Waals surface area contributed by atoms with E-state index >= 15 is 0 Å². The SMILES string of the molecule is CC(C)(C)[Si](C)(C)OCCc1ccc([CH2][Bi]([Br])[CH2]c2ccc(CCO[Si](C)(C)C(C)(C)C)cc2)cc1. The predicted molar refractivity (Wildman–Crippen MR) is 169 cm³/mol. The van der Waals surface area contributed by atoms with Gasteiger partial charge in [0.1, 0.15) is 0 Å². The molecule has 0 spiro atoms. The van der Waals surface area contributed by atoms with Crippen LogP contribution in [0.15, 0.2) is 48.5 Å². The molecule has 6 heteroatoms. The molecule has 0 fully saturated rings. The molecule has 0 heterocycles. The Kier molecular flexibility index (Phi) is 12.1. The van der Waals surface area contributed by atoms with Crippen LogP contribution in [0.4, 0.5) is 0 Å². The summed E-state index contributed by atoms with van der Waals surface area (Å²) in [7, 11) is -3.31. The van der Waals surface area contributed by atoms with Crippen LogP contribution >= 0.6 is 12.2 Å². The first-order valence-electron chi connectivity index (χ1n) is 13.3. The van der Waals surface area contributed by atoms with E-state index in [0.29, 0.717) is 0 Å². The number of benzene rings is 2. The maximum atomic E-state index is 6.35. The zero-order valence-corrected chi connectivity index (χ0v) is 31.6. The van der Waals surface area contributed by atoms with Gasteiger partial charge in [0.2, 0.25) is 0 Å². The number of hydrogen-bond acceptors (Lipinski definition) is 2. The van der Waals surface area contributed by atoms with Gasteiger partial charge in [-0.25, -0.2) is 0 Å². The van der Waals surface area contributed by atoms with Gasteiger partial charge < -0.3 is 0 Å².